The molecule has 0 radical (unpaired) electrons. The summed E-state index contributed by atoms with van der Waals surface area (Å²) in [6.45, 7) is 2.64. The second kappa shape index (κ2) is 8.34. The maximum atomic E-state index is 12.6. The third-order valence-corrected chi connectivity index (χ3v) is 6.38. The molecule has 1 saturated heterocycles. The van der Waals surface area contributed by atoms with E-state index in [0.29, 0.717) is 24.1 Å². The highest BCUT2D eigenvalue weighted by Crippen LogP contribution is 2.35. The summed E-state index contributed by atoms with van der Waals surface area (Å²) in [5.41, 5.74) is 1.60. The van der Waals surface area contributed by atoms with Crippen LogP contribution in [0, 0.1) is 5.92 Å². The first kappa shape index (κ1) is 18.9. The number of pyridine rings is 1. The van der Waals surface area contributed by atoms with Gasteiger partial charge in [0.05, 0.1) is 12.0 Å². The molecule has 1 aliphatic carbocycles. The molecule has 7 heteroatoms. The number of hydrogen-bond acceptors (Lipinski definition) is 6. The molecule has 0 amide bonds. The highest BCUT2D eigenvalue weighted by Gasteiger charge is 2.25. The zero-order chi connectivity index (χ0) is 20.3. The quantitative estimate of drug-likeness (QED) is 0.652. The Kier molecular flexibility index (Phi) is 5.26. The highest BCUT2D eigenvalue weighted by atomic mass is 16.1. The second-order valence-corrected chi connectivity index (χ2v) is 8.33. The molecule has 3 aromatic rings. The second-order valence-electron chi connectivity index (χ2n) is 8.33. The Labute approximate surface area is 175 Å². The Hall–Kier alpha value is -3.09. The molecular weight excluding hydrogens is 376 g/mol. The van der Waals surface area contributed by atoms with Crippen LogP contribution < -0.4 is 10.5 Å². The predicted octanol–water partition coefficient (Wildman–Crippen LogP) is 3.28. The van der Waals surface area contributed by atoms with Gasteiger partial charge >= 0.3 is 0 Å². The molecule has 0 spiro atoms. The van der Waals surface area contributed by atoms with Gasteiger partial charge in [0.1, 0.15) is 11.6 Å². The van der Waals surface area contributed by atoms with E-state index in [9.17, 15) is 4.79 Å². The molecule has 0 atom stereocenters. The van der Waals surface area contributed by atoms with Crippen LogP contribution in [0.2, 0.25) is 0 Å². The first-order valence-corrected chi connectivity index (χ1v) is 10.8. The first-order valence-electron chi connectivity index (χ1n) is 10.8. The van der Waals surface area contributed by atoms with E-state index < -0.39 is 0 Å². The van der Waals surface area contributed by atoms with Crippen molar-refractivity contribution >= 4 is 5.82 Å². The molecule has 1 saturated carbocycles. The van der Waals surface area contributed by atoms with E-state index in [1.54, 1.807) is 29.4 Å². The summed E-state index contributed by atoms with van der Waals surface area (Å²) in [4.78, 5) is 32.7. The lowest BCUT2D eigenvalue weighted by Crippen LogP contribution is -2.37. The molecular formula is C23H26N6O. The number of piperidine rings is 1. The van der Waals surface area contributed by atoms with Gasteiger partial charge in [-0.3, -0.25) is 14.3 Å². The van der Waals surface area contributed by atoms with E-state index >= 15 is 0 Å². The number of anilines is 1. The van der Waals surface area contributed by atoms with Crippen LogP contribution in [0.25, 0.3) is 11.3 Å². The van der Waals surface area contributed by atoms with Gasteiger partial charge in [-0.05, 0) is 49.8 Å². The van der Waals surface area contributed by atoms with Crippen molar-refractivity contribution < 1.29 is 0 Å². The number of aromatic nitrogens is 5. The largest absolute Gasteiger partial charge is 0.356 e. The van der Waals surface area contributed by atoms with Crippen molar-refractivity contribution in [2.45, 2.75) is 44.6 Å². The van der Waals surface area contributed by atoms with Gasteiger partial charge in [-0.2, -0.15) is 0 Å². The lowest BCUT2D eigenvalue weighted by Gasteiger charge is -2.33. The van der Waals surface area contributed by atoms with Gasteiger partial charge < -0.3 is 4.90 Å². The molecule has 2 fully saturated rings. The third kappa shape index (κ3) is 3.97. The van der Waals surface area contributed by atoms with Crippen molar-refractivity contribution in [3.8, 4) is 11.3 Å². The Balaban J connectivity index is 1.21. The maximum Gasteiger partial charge on any atom is 0.253 e. The Bertz CT molecular complexity index is 1050. The Morgan fingerprint density at radius 1 is 0.967 bits per heavy atom. The molecule has 7 nitrogen and oxygen atoms in total. The summed E-state index contributed by atoms with van der Waals surface area (Å²) >= 11 is 0. The number of hydrogen-bond donors (Lipinski definition) is 0. The molecule has 0 unspecified atom stereocenters. The van der Waals surface area contributed by atoms with Crippen LogP contribution >= 0.6 is 0 Å². The van der Waals surface area contributed by atoms with Crippen LogP contribution in [0.3, 0.4) is 0 Å². The molecule has 154 valence electrons. The van der Waals surface area contributed by atoms with Crippen molar-refractivity contribution in [2.24, 2.45) is 5.92 Å². The summed E-state index contributed by atoms with van der Waals surface area (Å²) < 4.78 is 1.74. The van der Waals surface area contributed by atoms with Crippen LogP contribution in [0.1, 0.15) is 43.8 Å². The lowest BCUT2D eigenvalue weighted by molar-refractivity contribution is 0.349. The maximum absolute atomic E-state index is 12.6. The van der Waals surface area contributed by atoms with Gasteiger partial charge in [-0.25, -0.2) is 15.0 Å². The van der Waals surface area contributed by atoms with Gasteiger partial charge in [0.2, 0.25) is 0 Å². The van der Waals surface area contributed by atoms with E-state index in [-0.39, 0.29) is 5.56 Å². The molecule has 1 aliphatic heterocycles. The molecule has 0 N–H and O–H groups in total. The van der Waals surface area contributed by atoms with Crippen molar-refractivity contribution in [2.75, 3.05) is 18.0 Å². The average molecular weight is 403 g/mol. The van der Waals surface area contributed by atoms with E-state index in [1.807, 2.05) is 24.4 Å². The van der Waals surface area contributed by atoms with Crippen molar-refractivity contribution in [1.29, 1.82) is 0 Å². The van der Waals surface area contributed by atoms with Gasteiger partial charge in [0, 0.05) is 55.8 Å². The lowest BCUT2D eigenvalue weighted by atomic mass is 9.85. The van der Waals surface area contributed by atoms with Gasteiger partial charge in [0.25, 0.3) is 5.56 Å². The topological polar surface area (TPSA) is 76.8 Å². The summed E-state index contributed by atoms with van der Waals surface area (Å²) in [6.07, 6.45) is 12.8. The molecule has 0 aromatic carbocycles. The summed E-state index contributed by atoms with van der Waals surface area (Å²) in [7, 11) is 0. The molecule has 30 heavy (non-hydrogen) atoms. The molecule has 0 bridgehead atoms. The summed E-state index contributed by atoms with van der Waals surface area (Å²) in [6, 6.07) is 7.37. The molecule has 3 aromatic heterocycles. The van der Waals surface area contributed by atoms with E-state index in [0.717, 1.165) is 43.1 Å². The smallest absolute Gasteiger partial charge is 0.253 e. The normalized spacial score (nSPS) is 17.7. The van der Waals surface area contributed by atoms with Crippen molar-refractivity contribution in [1.82, 2.24) is 24.5 Å². The number of nitrogens with zero attached hydrogens (tertiary/aromatic N) is 6. The summed E-state index contributed by atoms with van der Waals surface area (Å²) in [5.74, 6) is 3.08. The molecule has 5 rings (SSSR count). The van der Waals surface area contributed by atoms with Crippen molar-refractivity contribution in [3.63, 3.8) is 0 Å². The van der Waals surface area contributed by atoms with Crippen LogP contribution in [0.4, 0.5) is 5.82 Å². The molecule has 2 aliphatic rings. The monoisotopic (exact) mass is 402 g/mol. The third-order valence-electron chi connectivity index (χ3n) is 6.38. The minimum atomic E-state index is 0.000169. The van der Waals surface area contributed by atoms with E-state index in [2.05, 4.69) is 19.9 Å². The highest BCUT2D eigenvalue weighted by molar-refractivity contribution is 5.57. The van der Waals surface area contributed by atoms with Gasteiger partial charge in [-0.15, -0.1) is 0 Å². The van der Waals surface area contributed by atoms with E-state index in [1.165, 1.54) is 19.3 Å². The SMILES string of the molecule is O=c1cc(-c2ccncc2)ncn1CC1CCN(c2ccnc(C3CCC3)n2)CC1. The van der Waals surface area contributed by atoms with Crippen LogP contribution in [-0.2, 0) is 6.54 Å². The van der Waals surface area contributed by atoms with Gasteiger partial charge in [0.15, 0.2) is 0 Å². The Morgan fingerprint density at radius 3 is 2.47 bits per heavy atom. The van der Waals surface area contributed by atoms with Crippen LogP contribution in [0.5, 0.6) is 0 Å². The standard InChI is InChI=1S/C23H26N6O/c30-22-14-20(18-4-9-24-10-5-18)26-16-29(22)15-17-7-12-28(13-8-17)21-6-11-25-23(27-21)19-2-1-3-19/h4-6,9-11,14,16-17,19H,1-3,7-8,12-13,15H2. The average Bonchev–Trinajstić information content (AvgIpc) is 2.75. The minimum Gasteiger partial charge on any atom is -0.356 e. The first-order chi connectivity index (χ1) is 14.8. The summed E-state index contributed by atoms with van der Waals surface area (Å²) in [5, 5.41) is 0. The fourth-order valence-electron chi connectivity index (χ4n) is 4.27. The van der Waals surface area contributed by atoms with Crippen LogP contribution in [0.15, 0.2) is 54.0 Å². The minimum absolute atomic E-state index is 0.000169. The van der Waals surface area contributed by atoms with Crippen molar-refractivity contribution in [3.05, 3.63) is 65.4 Å². The zero-order valence-corrected chi connectivity index (χ0v) is 17.0. The number of rotatable bonds is 5. The molecule has 4 heterocycles. The fourth-order valence-corrected chi connectivity index (χ4v) is 4.27. The van der Waals surface area contributed by atoms with E-state index in [4.69, 9.17) is 4.98 Å². The Morgan fingerprint density at radius 2 is 1.77 bits per heavy atom. The van der Waals surface area contributed by atoms with Crippen LogP contribution in [-0.4, -0.2) is 37.6 Å². The van der Waals surface area contributed by atoms with Gasteiger partial charge in [-0.1, -0.05) is 6.42 Å². The fraction of sp³-hybridized carbons (Fsp3) is 0.435. The predicted molar refractivity (Wildman–Crippen MR) is 115 cm³/mol. The zero-order valence-electron chi connectivity index (χ0n) is 17.0.